The molecule has 0 saturated carbocycles. The van der Waals surface area contributed by atoms with Gasteiger partial charge in [0.15, 0.2) is 11.6 Å². The monoisotopic (exact) mass is 410 g/mol. The van der Waals surface area contributed by atoms with Gasteiger partial charge in [-0.25, -0.2) is 13.6 Å². The van der Waals surface area contributed by atoms with Crippen molar-refractivity contribution in [3.8, 4) is 23.4 Å². The second-order valence-electron chi connectivity index (χ2n) is 6.72. The molecule has 2 heterocycles. The van der Waals surface area contributed by atoms with Crippen molar-refractivity contribution in [2.45, 2.75) is 13.2 Å². The highest BCUT2D eigenvalue weighted by molar-refractivity contribution is 5.44. The molecule has 0 radical (unpaired) electrons. The van der Waals surface area contributed by atoms with Gasteiger partial charge in [0.25, 0.3) is 0 Å². The molecule has 0 saturated heterocycles. The van der Waals surface area contributed by atoms with Gasteiger partial charge in [-0.2, -0.15) is 10.2 Å². The van der Waals surface area contributed by atoms with Gasteiger partial charge in [0.05, 0.1) is 5.56 Å². The third-order valence-corrected chi connectivity index (χ3v) is 4.69. The average Bonchev–Trinajstić information content (AvgIpc) is 3.11. The number of ether oxygens (including phenoxy) is 2. The molecule has 0 N–H and O–H groups in total. The van der Waals surface area contributed by atoms with Gasteiger partial charge < -0.3 is 14.4 Å². The van der Waals surface area contributed by atoms with Crippen LogP contribution in [0.5, 0.6) is 17.4 Å². The first kappa shape index (κ1) is 19.4. The van der Waals surface area contributed by atoms with E-state index in [9.17, 15) is 13.6 Å². The lowest BCUT2D eigenvalue weighted by atomic mass is 10.2. The van der Waals surface area contributed by atoms with Crippen LogP contribution in [0.15, 0.2) is 47.3 Å². The molecule has 0 unspecified atom stereocenters. The van der Waals surface area contributed by atoms with Crippen LogP contribution >= 0.6 is 0 Å². The largest absolute Gasteiger partial charge is 0.473 e. The number of halogens is 2. The van der Waals surface area contributed by atoms with Crippen LogP contribution in [0.4, 0.5) is 14.6 Å². The van der Waals surface area contributed by atoms with Crippen LogP contribution < -0.4 is 20.1 Å². The number of hydrogen-bond donors (Lipinski definition) is 0. The topological polar surface area (TPSA) is 80.4 Å². The quantitative estimate of drug-likeness (QED) is 0.643. The van der Waals surface area contributed by atoms with Gasteiger partial charge in [-0.1, -0.05) is 6.07 Å². The third-order valence-electron chi connectivity index (χ3n) is 4.69. The fourth-order valence-corrected chi connectivity index (χ4v) is 3.09. The van der Waals surface area contributed by atoms with Crippen molar-refractivity contribution >= 4 is 5.82 Å². The van der Waals surface area contributed by atoms with E-state index in [0.717, 1.165) is 18.4 Å². The summed E-state index contributed by atoms with van der Waals surface area (Å²) < 4.78 is 40.3. The zero-order chi connectivity index (χ0) is 21.3. The average molecular weight is 410 g/mol. The molecule has 0 fully saturated rings. The molecular weight excluding hydrogens is 394 g/mol. The van der Waals surface area contributed by atoms with Crippen molar-refractivity contribution in [3.05, 3.63) is 75.7 Å². The molecule has 4 rings (SSSR count). The number of hydrogen-bond acceptors (Lipinski definition) is 6. The molecule has 0 spiro atoms. The predicted molar refractivity (Wildman–Crippen MR) is 104 cm³/mol. The second kappa shape index (κ2) is 7.83. The highest BCUT2D eigenvalue weighted by Crippen LogP contribution is 2.27. The summed E-state index contributed by atoms with van der Waals surface area (Å²) in [5, 5.41) is 8.87. The molecule has 0 amide bonds. The first-order valence-electron chi connectivity index (χ1n) is 9.06. The first-order valence-corrected chi connectivity index (χ1v) is 9.06. The smallest absolute Gasteiger partial charge is 0.352 e. The van der Waals surface area contributed by atoms with Crippen molar-refractivity contribution in [2.75, 3.05) is 18.5 Å². The molecule has 152 valence electrons. The SMILES string of the molecule is CN1CCn2c1cc(OCc1ccc(Oc3ccc(F)c(C#N)c3)c(F)c1)nc2=O. The maximum atomic E-state index is 14.4. The molecular formula is C21H16F2N4O3. The van der Waals surface area contributed by atoms with Crippen LogP contribution in [0.1, 0.15) is 11.1 Å². The Labute approximate surface area is 170 Å². The molecule has 1 aliphatic rings. The minimum absolute atomic E-state index is 0.00589. The van der Waals surface area contributed by atoms with Crippen molar-refractivity contribution in [2.24, 2.45) is 0 Å². The molecule has 3 aromatic rings. The fourth-order valence-electron chi connectivity index (χ4n) is 3.09. The molecule has 7 nitrogen and oxygen atoms in total. The van der Waals surface area contributed by atoms with Crippen molar-refractivity contribution in [3.63, 3.8) is 0 Å². The summed E-state index contributed by atoms with van der Waals surface area (Å²) in [6.07, 6.45) is 0. The van der Waals surface area contributed by atoms with Crippen LogP contribution in [0.25, 0.3) is 0 Å². The van der Waals surface area contributed by atoms with Crippen molar-refractivity contribution in [1.82, 2.24) is 9.55 Å². The number of nitrogens with zero attached hydrogens (tertiary/aromatic N) is 4. The highest BCUT2D eigenvalue weighted by atomic mass is 19.1. The summed E-state index contributed by atoms with van der Waals surface area (Å²) >= 11 is 0. The molecule has 30 heavy (non-hydrogen) atoms. The maximum Gasteiger partial charge on any atom is 0.352 e. The van der Waals surface area contributed by atoms with Gasteiger partial charge in [-0.3, -0.25) is 4.57 Å². The molecule has 2 aromatic carbocycles. The van der Waals surface area contributed by atoms with E-state index in [1.807, 2.05) is 11.9 Å². The Morgan fingerprint density at radius 2 is 1.97 bits per heavy atom. The van der Waals surface area contributed by atoms with E-state index in [4.69, 9.17) is 14.7 Å². The zero-order valence-electron chi connectivity index (χ0n) is 15.9. The Balaban J connectivity index is 1.47. The molecule has 1 aliphatic heterocycles. The molecule has 1 aromatic heterocycles. The van der Waals surface area contributed by atoms with E-state index < -0.39 is 17.3 Å². The normalized spacial score (nSPS) is 12.4. The number of anilines is 1. The van der Waals surface area contributed by atoms with E-state index in [0.29, 0.717) is 12.1 Å². The van der Waals surface area contributed by atoms with Gasteiger partial charge in [-0.15, -0.1) is 0 Å². The molecule has 9 heteroatoms. The molecule has 0 aliphatic carbocycles. The van der Waals surface area contributed by atoms with Gasteiger partial charge in [0.1, 0.15) is 30.1 Å². The van der Waals surface area contributed by atoms with Crippen LogP contribution in [-0.4, -0.2) is 23.1 Å². The maximum absolute atomic E-state index is 14.4. The third kappa shape index (κ3) is 3.80. The zero-order valence-corrected chi connectivity index (χ0v) is 15.9. The number of nitriles is 1. The summed E-state index contributed by atoms with van der Waals surface area (Å²) in [6.45, 7) is 1.30. The fraction of sp³-hybridized carbons (Fsp3) is 0.190. The van der Waals surface area contributed by atoms with Crippen LogP contribution in [0, 0.1) is 23.0 Å². The van der Waals surface area contributed by atoms with Crippen molar-refractivity contribution in [1.29, 1.82) is 5.26 Å². The second-order valence-corrected chi connectivity index (χ2v) is 6.72. The highest BCUT2D eigenvalue weighted by Gasteiger charge is 2.19. The molecule has 0 bridgehead atoms. The minimum Gasteiger partial charge on any atom is -0.473 e. The Morgan fingerprint density at radius 3 is 2.73 bits per heavy atom. The molecule has 0 atom stereocenters. The number of likely N-dealkylation sites (N-methyl/N-ethyl adjacent to an activating group) is 1. The van der Waals surface area contributed by atoms with Crippen LogP contribution in [-0.2, 0) is 13.2 Å². The van der Waals surface area contributed by atoms with Gasteiger partial charge in [-0.05, 0) is 29.8 Å². The lowest BCUT2D eigenvalue weighted by Crippen LogP contribution is -2.22. The first-order chi connectivity index (χ1) is 14.4. The number of aromatic nitrogens is 2. The minimum atomic E-state index is -0.677. The number of benzene rings is 2. The van der Waals surface area contributed by atoms with E-state index in [-0.39, 0.29) is 29.5 Å². The summed E-state index contributed by atoms with van der Waals surface area (Å²) in [5.74, 6) is -0.385. The predicted octanol–water partition coefficient (Wildman–Crippen LogP) is 3.21. The van der Waals surface area contributed by atoms with Gasteiger partial charge in [0.2, 0.25) is 5.88 Å². The standard InChI is InChI=1S/C21H16F2N4O3/c1-26-6-7-27-20(26)10-19(25-21(27)28)29-12-13-2-5-18(17(23)8-13)30-15-3-4-16(22)14(9-15)11-24/h2-5,8-10H,6-7,12H2,1H3. The number of rotatable bonds is 5. The van der Waals surface area contributed by atoms with Gasteiger partial charge in [0, 0.05) is 32.3 Å². The van der Waals surface area contributed by atoms with E-state index in [1.165, 1.54) is 24.3 Å². The Morgan fingerprint density at radius 1 is 1.13 bits per heavy atom. The lowest BCUT2D eigenvalue weighted by molar-refractivity contribution is 0.290. The summed E-state index contributed by atoms with van der Waals surface area (Å²) in [4.78, 5) is 17.9. The summed E-state index contributed by atoms with van der Waals surface area (Å²) in [7, 11) is 1.87. The number of fused-ring (bicyclic) bond motifs is 1. The van der Waals surface area contributed by atoms with E-state index in [1.54, 1.807) is 22.8 Å². The summed E-state index contributed by atoms with van der Waals surface area (Å²) in [5.41, 5.74) is -0.0773. The van der Waals surface area contributed by atoms with Crippen LogP contribution in [0.3, 0.4) is 0 Å². The van der Waals surface area contributed by atoms with Gasteiger partial charge >= 0.3 is 5.69 Å². The summed E-state index contributed by atoms with van der Waals surface area (Å²) in [6, 6.07) is 11.2. The Kier molecular flexibility index (Phi) is 5.06. The lowest BCUT2D eigenvalue weighted by Gasteiger charge is -2.13. The van der Waals surface area contributed by atoms with E-state index in [2.05, 4.69) is 4.98 Å². The van der Waals surface area contributed by atoms with E-state index >= 15 is 0 Å². The Bertz CT molecular complexity index is 1220. The Hall–Kier alpha value is -3.93. The van der Waals surface area contributed by atoms with Crippen molar-refractivity contribution < 1.29 is 18.3 Å². The van der Waals surface area contributed by atoms with Crippen LogP contribution in [0.2, 0.25) is 0 Å².